The van der Waals surface area contributed by atoms with Crippen molar-refractivity contribution in [2.24, 2.45) is 29.6 Å². The molecule has 12 nitrogen and oxygen atoms in total. The Morgan fingerprint density at radius 2 is 1.43 bits per heavy atom. The second-order valence-corrected chi connectivity index (χ2v) is 9.38. The van der Waals surface area contributed by atoms with Gasteiger partial charge < -0.3 is 19.3 Å². The van der Waals surface area contributed by atoms with Crippen LogP contribution in [0.3, 0.4) is 0 Å². The summed E-state index contributed by atoms with van der Waals surface area (Å²) in [5.41, 5.74) is 0.784. The van der Waals surface area contributed by atoms with E-state index >= 15 is 0 Å². The van der Waals surface area contributed by atoms with E-state index in [4.69, 9.17) is 4.74 Å². The number of allylic oxidation sites excluding steroid dienone is 2. The highest BCUT2D eigenvalue weighted by atomic mass is 16.5. The van der Waals surface area contributed by atoms with E-state index in [2.05, 4.69) is 9.47 Å². The molecule has 1 aromatic carbocycles. The van der Waals surface area contributed by atoms with Crippen LogP contribution >= 0.6 is 0 Å². The summed E-state index contributed by atoms with van der Waals surface area (Å²) in [6.45, 7) is 0. The number of amides is 6. The summed E-state index contributed by atoms with van der Waals surface area (Å²) in [6, 6.07) is 4.55. The molecule has 2 aliphatic carbocycles. The SMILES string of the molecule is COC(=O)N1C(=O)[C@H]2[C@H](CC=C3[C@H]2C[C@H]2C(=O)N(C(=O)OC)C(=O)[C@H]2[C@H]3c2c(O)cccc2OC)C1=O. The zero-order valence-corrected chi connectivity index (χ0v) is 20.2. The predicted molar refractivity (Wildman–Crippen MR) is 121 cm³/mol. The molecule has 1 N–H and O–H groups in total. The van der Waals surface area contributed by atoms with Gasteiger partial charge in [-0.3, -0.25) is 19.2 Å². The van der Waals surface area contributed by atoms with Crippen molar-refractivity contribution < 1.29 is 48.1 Å². The molecule has 1 aromatic rings. The molecule has 1 saturated carbocycles. The molecule has 0 radical (unpaired) electrons. The molecular weight excluding hydrogens is 488 g/mol. The Morgan fingerprint density at radius 1 is 0.838 bits per heavy atom. The van der Waals surface area contributed by atoms with Crippen molar-refractivity contribution in [3.05, 3.63) is 35.4 Å². The van der Waals surface area contributed by atoms with Crippen molar-refractivity contribution in [2.75, 3.05) is 21.3 Å². The number of carbonyl (C=O) groups is 6. The topological polar surface area (TPSA) is 157 Å². The van der Waals surface area contributed by atoms with Crippen LogP contribution in [0.2, 0.25) is 0 Å². The second-order valence-electron chi connectivity index (χ2n) is 9.38. The molecular formula is C25H24N2O10. The summed E-state index contributed by atoms with van der Waals surface area (Å²) in [4.78, 5) is 78.7. The fourth-order valence-electron chi connectivity index (χ4n) is 6.48. The van der Waals surface area contributed by atoms with Crippen molar-refractivity contribution in [3.63, 3.8) is 0 Å². The summed E-state index contributed by atoms with van der Waals surface area (Å²) in [5.74, 6) is -8.61. The highest BCUT2D eigenvalue weighted by molar-refractivity contribution is 6.17. The molecule has 0 unspecified atom stereocenters. The van der Waals surface area contributed by atoms with Gasteiger partial charge >= 0.3 is 12.2 Å². The Morgan fingerprint density at radius 3 is 2.03 bits per heavy atom. The predicted octanol–water partition coefficient (Wildman–Crippen LogP) is 1.57. The average Bonchev–Trinajstić information content (AvgIpc) is 3.30. The highest BCUT2D eigenvalue weighted by Crippen LogP contribution is 2.60. The number of rotatable bonds is 2. The number of aromatic hydroxyl groups is 1. The number of hydrogen-bond acceptors (Lipinski definition) is 10. The minimum Gasteiger partial charge on any atom is -0.508 e. The number of fused-ring (bicyclic) bond motifs is 4. The largest absolute Gasteiger partial charge is 0.508 e. The molecule has 0 bridgehead atoms. The van der Waals surface area contributed by atoms with Crippen molar-refractivity contribution in [3.8, 4) is 11.5 Å². The number of hydrogen-bond donors (Lipinski definition) is 1. The first-order valence-corrected chi connectivity index (χ1v) is 11.6. The van der Waals surface area contributed by atoms with Crippen molar-refractivity contribution in [2.45, 2.75) is 18.8 Å². The maximum atomic E-state index is 13.5. The lowest BCUT2D eigenvalue weighted by molar-refractivity contribution is -0.139. The van der Waals surface area contributed by atoms with E-state index in [1.54, 1.807) is 18.2 Å². The van der Waals surface area contributed by atoms with Crippen molar-refractivity contribution >= 4 is 35.8 Å². The minimum absolute atomic E-state index is 0.0177. The number of phenolic OH excluding ortho intramolecular Hbond substituents is 1. The highest BCUT2D eigenvalue weighted by Gasteiger charge is 2.64. The van der Waals surface area contributed by atoms with Gasteiger partial charge in [0.2, 0.25) is 23.6 Å². The van der Waals surface area contributed by atoms with Gasteiger partial charge in [-0.2, -0.15) is 9.80 Å². The van der Waals surface area contributed by atoms with Gasteiger partial charge in [-0.05, 0) is 30.9 Å². The van der Waals surface area contributed by atoms with E-state index in [9.17, 15) is 33.9 Å². The summed E-state index contributed by atoms with van der Waals surface area (Å²) >= 11 is 0. The van der Waals surface area contributed by atoms with Crippen molar-refractivity contribution in [1.29, 1.82) is 0 Å². The van der Waals surface area contributed by atoms with Crippen LogP contribution in [0.25, 0.3) is 0 Å². The third kappa shape index (κ3) is 3.27. The molecule has 5 rings (SSSR count). The summed E-state index contributed by atoms with van der Waals surface area (Å²) < 4.78 is 14.8. The third-order valence-electron chi connectivity index (χ3n) is 7.94. The average molecular weight is 512 g/mol. The van der Waals surface area contributed by atoms with Crippen LogP contribution < -0.4 is 4.74 Å². The summed E-state index contributed by atoms with van der Waals surface area (Å²) in [5, 5.41) is 10.9. The molecule has 6 amide bonds. The molecule has 4 aliphatic rings. The van der Waals surface area contributed by atoms with Crippen LogP contribution in [0.1, 0.15) is 24.3 Å². The second kappa shape index (κ2) is 8.71. The molecule has 2 saturated heterocycles. The lowest BCUT2D eigenvalue weighted by Crippen LogP contribution is -2.43. The van der Waals surface area contributed by atoms with Crippen LogP contribution in [0.15, 0.2) is 29.8 Å². The van der Waals surface area contributed by atoms with Gasteiger partial charge in [-0.25, -0.2) is 9.59 Å². The van der Waals surface area contributed by atoms with Gasteiger partial charge in [0.15, 0.2) is 0 Å². The van der Waals surface area contributed by atoms with E-state index in [-0.39, 0.29) is 29.9 Å². The Labute approximate surface area is 210 Å². The Balaban J connectivity index is 1.68. The summed E-state index contributed by atoms with van der Waals surface area (Å²) in [6.07, 6.45) is -0.422. The normalized spacial score (nSPS) is 30.4. The Kier molecular flexibility index (Phi) is 5.76. The zero-order valence-electron chi connectivity index (χ0n) is 20.2. The van der Waals surface area contributed by atoms with E-state index in [1.807, 2.05) is 0 Å². The van der Waals surface area contributed by atoms with E-state index in [0.29, 0.717) is 15.4 Å². The van der Waals surface area contributed by atoms with E-state index in [1.165, 1.54) is 13.2 Å². The third-order valence-corrected chi connectivity index (χ3v) is 7.94. The first-order chi connectivity index (χ1) is 17.7. The van der Waals surface area contributed by atoms with Gasteiger partial charge in [0, 0.05) is 11.5 Å². The van der Waals surface area contributed by atoms with Crippen LogP contribution in [0.4, 0.5) is 9.59 Å². The minimum atomic E-state index is -1.13. The van der Waals surface area contributed by atoms with Crippen LogP contribution in [0, 0.1) is 29.6 Å². The first-order valence-electron chi connectivity index (χ1n) is 11.6. The molecule has 0 spiro atoms. The maximum absolute atomic E-state index is 13.5. The number of methoxy groups -OCH3 is 3. The van der Waals surface area contributed by atoms with Gasteiger partial charge in [0.25, 0.3) is 0 Å². The molecule has 37 heavy (non-hydrogen) atoms. The lowest BCUT2D eigenvalue weighted by Gasteiger charge is -2.44. The molecule has 3 fully saturated rings. The van der Waals surface area contributed by atoms with Gasteiger partial charge in [-0.1, -0.05) is 17.7 Å². The Bertz CT molecular complexity index is 1290. The molecule has 2 heterocycles. The maximum Gasteiger partial charge on any atom is 0.423 e. The standard InChI is InChI=1S/C25H24N2O10/c1-35-15-6-4-5-14(28)19(15)17-10-7-8-11-16(22(31)26(20(11)29)24(33)36-2)12(10)9-13-18(17)23(32)27(21(13)30)25(34)37-3/h4-7,11-13,16-18,28H,8-9H2,1-3H3/t11-,12+,13+,16-,17-,18+/m0/s1. The van der Waals surface area contributed by atoms with Gasteiger partial charge in [0.1, 0.15) is 11.5 Å². The number of likely N-dealkylation sites (tertiary alicyclic amines) is 2. The smallest absolute Gasteiger partial charge is 0.423 e. The first kappa shape index (κ1) is 24.5. The van der Waals surface area contributed by atoms with Crippen LogP contribution in [0.5, 0.6) is 11.5 Å². The van der Waals surface area contributed by atoms with Crippen LogP contribution in [-0.2, 0) is 28.7 Å². The summed E-state index contributed by atoms with van der Waals surface area (Å²) in [7, 11) is 3.49. The molecule has 0 aromatic heterocycles. The molecule has 12 heteroatoms. The number of benzene rings is 1. The van der Waals surface area contributed by atoms with Crippen molar-refractivity contribution in [1.82, 2.24) is 9.80 Å². The number of carbonyl (C=O) groups excluding carboxylic acids is 6. The van der Waals surface area contributed by atoms with Gasteiger partial charge in [0.05, 0.1) is 45.0 Å². The Hall–Kier alpha value is -4.22. The quantitative estimate of drug-likeness (QED) is 0.456. The number of ether oxygens (including phenoxy) is 3. The fraction of sp³-hybridized carbons (Fsp3) is 0.440. The zero-order chi connectivity index (χ0) is 26.8. The molecule has 194 valence electrons. The van der Waals surface area contributed by atoms with E-state index < -0.39 is 71.3 Å². The van der Waals surface area contributed by atoms with Gasteiger partial charge in [-0.15, -0.1) is 0 Å². The number of nitrogens with zero attached hydrogens (tertiary/aromatic N) is 2. The molecule has 6 atom stereocenters. The lowest BCUT2D eigenvalue weighted by atomic mass is 9.57. The number of phenols is 1. The fourth-order valence-corrected chi connectivity index (χ4v) is 6.48. The van der Waals surface area contributed by atoms with E-state index in [0.717, 1.165) is 14.2 Å². The number of imide groups is 6. The molecule has 2 aliphatic heterocycles. The monoisotopic (exact) mass is 512 g/mol. The van der Waals surface area contributed by atoms with Crippen LogP contribution in [-0.4, -0.2) is 72.1 Å².